The van der Waals surface area contributed by atoms with Crippen molar-refractivity contribution in [3.8, 4) is 6.07 Å². The summed E-state index contributed by atoms with van der Waals surface area (Å²) in [6.45, 7) is 3.71. The minimum absolute atomic E-state index is 0.422. The molecule has 1 aliphatic carbocycles. The highest BCUT2D eigenvalue weighted by Gasteiger charge is 2.30. The first-order valence-electron chi connectivity index (χ1n) is 7.13. The minimum atomic E-state index is 0.422. The average molecular weight is 258 g/mol. The van der Waals surface area contributed by atoms with Crippen LogP contribution in [0.4, 0.5) is 5.82 Å². The summed E-state index contributed by atoms with van der Waals surface area (Å²) >= 11 is 0. The summed E-state index contributed by atoms with van der Waals surface area (Å²) in [4.78, 5) is 6.70. The van der Waals surface area contributed by atoms with Crippen molar-refractivity contribution in [3.05, 3.63) is 23.9 Å². The molecule has 19 heavy (non-hydrogen) atoms. The van der Waals surface area contributed by atoms with Crippen LogP contribution in [0.2, 0.25) is 0 Å². The van der Waals surface area contributed by atoms with Crippen molar-refractivity contribution in [1.29, 1.82) is 5.26 Å². The van der Waals surface area contributed by atoms with Crippen LogP contribution in [-0.4, -0.2) is 24.1 Å². The smallest absolute Gasteiger partial charge is 0.146 e. The Kier molecular flexibility index (Phi) is 4.75. The Morgan fingerprint density at radius 1 is 1.47 bits per heavy atom. The molecule has 2 N–H and O–H groups in total. The Labute approximate surface area is 115 Å². The van der Waals surface area contributed by atoms with Gasteiger partial charge >= 0.3 is 0 Å². The molecule has 0 amide bonds. The average Bonchev–Trinajstić information content (AvgIpc) is 2.49. The largest absolute Gasteiger partial charge is 0.352 e. The van der Waals surface area contributed by atoms with Crippen LogP contribution in [0.25, 0.3) is 0 Å². The zero-order valence-corrected chi connectivity index (χ0v) is 11.5. The molecule has 0 aromatic carbocycles. The highest BCUT2D eigenvalue weighted by molar-refractivity contribution is 5.54. The van der Waals surface area contributed by atoms with E-state index in [0.29, 0.717) is 17.5 Å². The summed E-state index contributed by atoms with van der Waals surface area (Å²) in [5.74, 6) is 1.33. The van der Waals surface area contributed by atoms with Gasteiger partial charge in [0.05, 0.1) is 5.56 Å². The molecule has 0 aliphatic heterocycles. The molecule has 4 nitrogen and oxygen atoms in total. The lowest BCUT2D eigenvalue weighted by atomic mass is 9.83. The molecule has 0 saturated heterocycles. The van der Waals surface area contributed by atoms with E-state index in [1.54, 1.807) is 6.20 Å². The Morgan fingerprint density at radius 2 is 2.26 bits per heavy atom. The van der Waals surface area contributed by atoms with Crippen molar-refractivity contribution in [1.82, 2.24) is 4.98 Å². The fourth-order valence-corrected chi connectivity index (χ4v) is 3.13. The number of hydrogen-bond donors (Lipinski definition) is 1. The Balaban J connectivity index is 2.30. The van der Waals surface area contributed by atoms with Crippen molar-refractivity contribution in [2.75, 3.05) is 18.0 Å². The highest BCUT2D eigenvalue weighted by atomic mass is 15.2. The molecule has 0 bridgehead atoms. The molecular weight excluding hydrogens is 236 g/mol. The first kappa shape index (κ1) is 13.8. The van der Waals surface area contributed by atoms with Gasteiger partial charge in [0.1, 0.15) is 11.9 Å². The summed E-state index contributed by atoms with van der Waals surface area (Å²) in [5, 5.41) is 9.24. The second-order valence-corrected chi connectivity index (χ2v) is 5.12. The van der Waals surface area contributed by atoms with Gasteiger partial charge in [0.15, 0.2) is 0 Å². The zero-order valence-electron chi connectivity index (χ0n) is 11.5. The number of rotatable bonds is 4. The van der Waals surface area contributed by atoms with Crippen LogP contribution in [-0.2, 0) is 0 Å². The van der Waals surface area contributed by atoms with E-state index in [1.807, 2.05) is 12.1 Å². The van der Waals surface area contributed by atoms with E-state index >= 15 is 0 Å². The molecule has 2 rings (SSSR count). The minimum Gasteiger partial charge on any atom is -0.352 e. The molecule has 1 saturated carbocycles. The summed E-state index contributed by atoms with van der Waals surface area (Å²) < 4.78 is 0. The normalized spacial score (nSPS) is 22.8. The highest BCUT2D eigenvalue weighted by Crippen LogP contribution is 2.31. The molecule has 1 fully saturated rings. The van der Waals surface area contributed by atoms with E-state index in [2.05, 4.69) is 22.9 Å². The first-order chi connectivity index (χ1) is 9.31. The van der Waals surface area contributed by atoms with Gasteiger partial charge in [0, 0.05) is 18.8 Å². The third-order valence-corrected chi connectivity index (χ3v) is 4.09. The second kappa shape index (κ2) is 6.53. The molecule has 1 aliphatic rings. The van der Waals surface area contributed by atoms with Gasteiger partial charge in [-0.05, 0) is 44.4 Å². The van der Waals surface area contributed by atoms with Gasteiger partial charge in [0.2, 0.25) is 0 Å². The number of nitriles is 1. The van der Waals surface area contributed by atoms with Crippen LogP contribution in [0.15, 0.2) is 18.3 Å². The fourth-order valence-electron chi connectivity index (χ4n) is 3.13. The third kappa shape index (κ3) is 2.87. The van der Waals surface area contributed by atoms with Gasteiger partial charge in [-0.3, -0.25) is 0 Å². The maximum absolute atomic E-state index is 9.24. The third-order valence-electron chi connectivity index (χ3n) is 4.09. The summed E-state index contributed by atoms with van der Waals surface area (Å²) in [6.07, 6.45) is 6.61. The molecule has 1 aromatic heterocycles. The zero-order chi connectivity index (χ0) is 13.7. The van der Waals surface area contributed by atoms with Gasteiger partial charge in [0.25, 0.3) is 0 Å². The number of nitrogens with zero attached hydrogens (tertiary/aromatic N) is 3. The van der Waals surface area contributed by atoms with E-state index < -0.39 is 0 Å². The van der Waals surface area contributed by atoms with E-state index in [1.165, 1.54) is 19.3 Å². The predicted octanol–water partition coefficient (Wildman–Crippen LogP) is 2.30. The molecule has 2 atom stereocenters. The topological polar surface area (TPSA) is 65.9 Å². The van der Waals surface area contributed by atoms with Crippen molar-refractivity contribution in [2.45, 2.75) is 38.6 Å². The van der Waals surface area contributed by atoms with Gasteiger partial charge in [-0.15, -0.1) is 0 Å². The monoisotopic (exact) mass is 258 g/mol. The molecule has 0 radical (unpaired) electrons. The SMILES string of the molecule is CCN(c1ncccc1C#N)C1CCCCC1CN. The van der Waals surface area contributed by atoms with Crippen LogP contribution in [0.5, 0.6) is 0 Å². The Hall–Kier alpha value is -1.60. The van der Waals surface area contributed by atoms with Gasteiger partial charge < -0.3 is 10.6 Å². The standard InChI is InChI=1S/C15H22N4/c1-2-19(14-8-4-3-6-12(14)10-16)15-13(11-17)7-5-9-18-15/h5,7,9,12,14H,2-4,6,8,10,16H2,1H3. The summed E-state index contributed by atoms with van der Waals surface area (Å²) in [7, 11) is 0. The molecule has 1 aromatic rings. The Bertz CT molecular complexity index is 452. The van der Waals surface area contributed by atoms with Crippen LogP contribution in [0, 0.1) is 17.2 Å². The number of pyridine rings is 1. The lowest BCUT2D eigenvalue weighted by molar-refractivity contribution is 0.299. The van der Waals surface area contributed by atoms with E-state index in [0.717, 1.165) is 25.3 Å². The number of anilines is 1. The molecular formula is C15H22N4. The number of nitrogens with two attached hydrogens (primary N) is 1. The van der Waals surface area contributed by atoms with Crippen molar-refractivity contribution in [2.24, 2.45) is 11.7 Å². The molecule has 1 heterocycles. The van der Waals surface area contributed by atoms with Gasteiger partial charge in [-0.1, -0.05) is 12.8 Å². The maximum Gasteiger partial charge on any atom is 0.146 e. The van der Waals surface area contributed by atoms with Gasteiger partial charge in [-0.2, -0.15) is 5.26 Å². The lowest BCUT2D eigenvalue weighted by Gasteiger charge is -2.40. The number of aromatic nitrogens is 1. The first-order valence-corrected chi connectivity index (χ1v) is 7.13. The van der Waals surface area contributed by atoms with E-state index in [4.69, 9.17) is 5.73 Å². The van der Waals surface area contributed by atoms with E-state index in [-0.39, 0.29) is 0 Å². The van der Waals surface area contributed by atoms with Gasteiger partial charge in [-0.25, -0.2) is 4.98 Å². The maximum atomic E-state index is 9.24. The summed E-state index contributed by atoms with van der Waals surface area (Å²) in [5.41, 5.74) is 6.58. The molecule has 0 spiro atoms. The molecule has 4 heteroatoms. The van der Waals surface area contributed by atoms with Crippen LogP contribution < -0.4 is 10.6 Å². The van der Waals surface area contributed by atoms with Crippen molar-refractivity contribution < 1.29 is 0 Å². The molecule has 102 valence electrons. The summed E-state index contributed by atoms with van der Waals surface area (Å²) in [6, 6.07) is 6.32. The van der Waals surface area contributed by atoms with Crippen molar-refractivity contribution >= 4 is 5.82 Å². The quantitative estimate of drug-likeness (QED) is 0.900. The van der Waals surface area contributed by atoms with Crippen molar-refractivity contribution in [3.63, 3.8) is 0 Å². The fraction of sp³-hybridized carbons (Fsp3) is 0.600. The Morgan fingerprint density at radius 3 is 2.95 bits per heavy atom. The lowest BCUT2D eigenvalue weighted by Crippen LogP contribution is -2.45. The second-order valence-electron chi connectivity index (χ2n) is 5.12. The van der Waals surface area contributed by atoms with Crippen LogP contribution in [0.3, 0.4) is 0 Å². The van der Waals surface area contributed by atoms with Crippen LogP contribution in [0.1, 0.15) is 38.2 Å². The predicted molar refractivity (Wildman–Crippen MR) is 76.8 cm³/mol. The molecule has 2 unspecified atom stereocenters. The van der Waals surface area contributed by atoms with E-state index in [9.17, 15) is 5.26 Å². The number of hydrogen-bond acceptors (Lipinski definition) is 4. The van der Waals surface area contributed by atoms with Crippen LogP contribution >= 0.6 is 0 Å².